The summed E-state index contributed by atoms with van der Waals surface area (Å²) >= 11 is 1.15. The van der Waals surface area contributed by atoms with E-state index in [1.807, 2.05) is 19.9 Å². The summed E-state index contributed by atoms with van der Waals surface area (Å²) in [5.74, 6) is -0.561. The number of benzene rings is 1. The van der Waals surface area contributed by atoms with Crippen LogP contribution in [-0.2, 0) is 37.3 Å². The van der Waals surface area contributed by atoms with Crippen molar-refractivity contribution in [2.45, 2.75) is 64.8 Å². The molecule has 2 aromatic rings. The number of rotatable bonds is 11. The van der Waals surface area contributed by atoms with Crippen molar-refractivity contribution in [3.8, 4) is 11.1 Å². The Morgan fingerprint density at radius 3 is 2.19 bits per heavy atom. The van der Waals surface area contributed by atoms with Crippen LogP contribution in [-0.4, -0.2) is 50.9 Å². The fourth-order valence-electron chi connectivity index (χ4n) is 3.96. The van der Waals surface area contributed by atoms with Crippen LogP contribution in [0.1, 0.15) is 52.0 Å². The smallest absolute Gasteiger partial charge is 0.328 e. The summed E-state index contributed by atoms with van der Waals surface area (Å²) in [6.07, 6.45) is 0.699. The monoisotopic (exact) mass is 551 g/mol. The van der Waals surface area contributed by atoms with Crippen LogP contribution >= 0.6 is 11.3 Å². The molecule has 0 bridgehead atoms. The zero-order valence-corrected chi connectivity index (χ0v) is 24.1. The zero-order chi connectivity index (χ0) is 27.9. The molecule has 0 aliphatic heterocycles. The van der Waals surface area contributed by atoms with Crippen LogP contribution in [0.4, 0.5) is 4.79 Å². The highest BCUT2D eigenvalue weighted by atomic mass is 32.2. The molecule has 3 amide bonds. The van der Waals surface area contributed by atoms with E-state index in [-0.39, 0.29) is 22.6 Å². The van der Waals surface area contributed by atoms with Crippen LogP contribution in [0.5, 0.6) is 0 Å². The molecule has 9 nitrogen and oxygen atoms in total. The molecule has 0 aliphatic carbocycles. The van der Waals surface area contributed by atoms with E-state index in [1.54, 1.807) is 31.2 Å². The number of carbonyl (C=O) groups is 3. The number of nitrogens with one attached hydrogen (secondary N) is 2. The molecule has 37 heavy (non-hydrogen) atoms. The number of hydrogen-bond acceptors (Lipinski definition) is 7. The van der Waals surface area contributed by atoms with Crippen LogP contribution in [0.2, 0.25) is 0 Å². The molecule has 1 aromatic heterocycles. The lowest BCUT2D eigenvalue weighted by molar-refractivity contribution is -0.154. The third-order valence-corrected chi connectivity index (χ3v) is 8.62. The second kappa shape index (κ2) is 13.0. The van der Waals surface area contributed by atoms with Crippen LogP contribution < -0.4 is 10.0 Å². The molecule has 0 unspecified atom stereocenters. The molecular formula is C26H37N3O6S2. The van der Waals surface area contributed by atoms with Crippen molar-refractivity contribution in [2.24, 2.45) is 11.8 Å². The highest BCUT2D eigenvalue weighted by Crippen LogP contribution is 2.36. The average Bonchev–Trinajstić information content (AvgIpc) is 3.22. The Bertz CT molecular complexity index is 1200. The molecule has 0 fully saturated rings. The Labute approximate surface area is 223 Å². The van der Waals surface area contributed by atoms with Gasteiger partial charge in [-0.15, -0.1) is 11.3 Å². The number of urea groups is 1. The lowest BCUT2D eigenvalue weighted by atomic mass is 10.0. The number of thiophene rings is 1. The first kappa shape index (κ1) is 30.3. The van der Waals surface area contributed by atoms with Crippen LogP contribution in [0.15, 0.2) is 34.5 Å². The molecule has 1 atom stereocenters. The fourth-order valence-corrected chi connectivity index (χ4v) is 6.84. The number of nitrogens with zero attached hydrogens (tertiary/aromatic N) is 1. The van der Waals surface area contributed by atoms with Gasteiger partial charge in [0.25, 0.3) is 10.0 Å². The van der Waals surface area contributed by atoms with E-state index < -0.39 is 28.1 Å². The van der Waals surface area contributed by atoms with Gasteiger partial charge in [-0.05, 0) is 42.4 Å². The standard InChI is InChI=1S/C26H37N3O6S2/c1-8-27-26(32)28-37(33,34)25-22(14-21(36-25)13-16(2)3)20-11-9-19(10-12-20)15-29(18(6)30)23(17(4)5)24(31)35-7/h9-12,14,16-17,23H,8,13,15H2,1-7H3,(H2,27,28,32)/t23-/m0/s1. The predicted octanol–water partition coefficient (Wildman–Crippen LogP) is 4.17. The number of sulfonamides is 1. The summed E-state index contributed by atoms with van der Waals surface area (Å²) in [6.45, 7) is 11.4. The average molecular weight is 552 g/mol. The van der Waals surface area contributed by atoms with Gasteiger partial charge in [0.15, 0.2) is 0 Å². The minimum Gasteiger partial charge on any atom is -0.467 e. The quantitative estimate of drug-likeness (QED) is 0.404. The molecule has 11 heteroatoms. The summed E-state index contributed by atoms with van der Waals surface area (Å²) in [6, 6.07) is 7.50. The van der Waals surface area contributed by atoms with E-state index in [0.717, 1.165) is 21.8 Å². The summed E-state index contributed by atoms with van der Waals surface area (Å²) in [7, 11) is -2.80. The van der Waals surface area contributed by atoms with Crippen molar-refractivity contribution in [3.63, 3.8) is 0 Å². The highest BCUT2D eigenvalue weighted by molar-refractivity contribution is 7.92. The number of esters is 1. The van der Waals surface area contributed by atoms with Crippen molar-refractivity contribution in [1.29, 1.82) is 0 Å². The summed E-state index contributed by atoms with van der Waals surface area (Å²) in [5.41, 5.74) is 1.94. The normalized spacial score (nSPS) is 12.4. The van der Waals surface area contributed by atoms with Crippen LogP contribution in [0, 0.1) is 11.8 Å². The number of methoxy groups -OCH3 is 1. The van der Waals surface area contributed by atoms with E-state index >= 15 is 0 Å². The minimum absolute atomic E-state index is 0.0677. The van der Waals surface area contributed by atoms with Gasteiger partial charge in [-0.1, -0.05) is 52.0 Å². The van der Waals surface area contributed by atoms with Gasteiger partial charge in [0.2, 0.25) is 5.91 Å². The summed E-state index contributed by atoms with van der Waals surface area (Å²) < 4.78 is 33.2. The minimum atomic E-state index is -4.10. The zero-order valence-electron chi connectivity index (χ0n) is 22.5. The van der Waals surface area contributed by atoms with Gasteiger partial charge in [-0.2, -0.15) is 0 Å². The Morgan fingerprint density at radius 2 is 1.70 bits per heavy atom. The maximum Gasteiger partial charge on any atom is 0.328 e. The van der Waals surface area contributed by atoms with Crippen molar-refractivity contribution in [2.75, 3.05) is 13.7 Å². The SMILES string of the molecule is CCNC(=O)NS(=O)(=O)c1sc(CC(C)C)cc1-c1ccc(CN(C(C)=O)[C@H](C(=O)OC)C(C)C)cc1. The molecule has 2 N–H and O–H groups in total. The second-order valence-corrected chi connectivity index (χ2v) is 12.5. The fraction of sp³-hybridized carbons (Fsp3) is 0.500. The molecule has 0 aliphatic rings. The number of ether oxygens (including phenoxy) is 1. The largest absolute Gasteiger partial charge is 0.467 e. The van der Waals surface area contributed by atoms with Crippen molar-refractivity contribution >= 4 is 39.3 Å². The van der Waals surface area contributed by atoms with Crippen LogP contribution in [0.25, 0.3) is 11.1 Å². The highest BCUT2D eigenvalue weighted by Gasteiger charge is 2.32. The van der Waals surface area contributed by atoms with E-state index in [2.05, 4.69) is 23.9 Å². The van der Waals surface area contributed by atoms with Gasteiger partial charge in [-0.3, -0.25) is 4.79 Å². The second-order valence-electron chi connectivity index (χ2n) is 9.53. The first-order chi connectivity index (χ1) is 17.3. The third kappa shape index (κ3) is 8.03. The van der Waals surface area contributed by atoms with Gasteiger partial charge in [0, 0.05) is 30.5 Å². The van der Waals surface area contributed by atoms with Gasteiger partial charge in [0.05, 0.1) is 7.11 Å². The number of hydrogen-bond donors (Lipinski definition) is 2. The molecule has 0 saturated heterocycles. The first-order valence-corrected chi connectivity index (χ1v) is 14.5. The summed E-state index contributed by atoms with van der Waals surface area (Å²) in [5, 5.41) is 2.44. The lowest BCUT2D eigenvalue weighted by Gasteiger charge is -2.31. The molecular weight excluding hydrogens is 514 g/mol. The lowest BCUT2D eigenvalue weighted by Crippen LogP contribution is -2.47. The summed E-state index contributed by atoms with van der Waals surface area (Å²) in [4.78, 5) is 39.1. The van der Waals surface area contributed by atoms with E-state index in [4.69, 9.17) is 4.74 Å². The van der Waals surface area contributed by atoms with Gasteiger partial charge in [-0.25, -0.2) is 22.7 Å². The number of carbonyl (C=O) groups excluding carboxylic acids is 3. The topological polar surface area (TPSA) is 122 Å². The van der Waals surface area contributed by atoms with Crippen molar-refractivity contribution in [3.05, 3.63) is 40.8 Å². The molecule has 2 rings (SSSR count). The van der Waals surface area contributed by atoms with Crippen molar-refractivity contribution in [1.82, 2.24) is 14.9 Å². The van der Waals surface area contributed by atoms with E-state index in [1.165, 1.54) is 18.9 Å². The van der Waals surface area contributed by atoms with Gasteiger partial charge < -0.3 is 15.0 Å². The molecule has 0 radical (unpaired) electrons. The Balaban J connectivity index is 2.44. The Hall–Kier alpha value is -2.92. The maximum absolute atomic E-state index is 13.1. The Morgan fingerprint density at radius 1 is 1.08 bits per heavy atom. The predicted molar refractivity (Wildman–Crippen MR) is 145 cm³/mol. The molecule has 0 spiro atoms. The molecule has 1 aromatic carbocycles. The molecule has 1 heterocycles. The number of amides is 3. The third-order valence-electron chi connectivity index (χ3n) is 5.60. The first-order valence-electron chi connectivity index (χ1n) is 12.2. The van der Waals surface area contributed by atoms with Gasteiger partial charge >= 0.3 is 12.0 Å². The molecule has 204 valence electrons. The van der Waals surface area contributed by atoms with E-state index in [9.17, 15) is 22.8 Å². The maximum atomic E-state index is 13.1. The van der Waals surface area contributed by atoms with Crippen LogP contribution in [0.3, 0.4) is 0 Å². The van der Waals surface area contributed by atoms with Gasteiger partial charge in [0.1, 0.15) is 10.3 Å². The van der Waals surface area contributed by atoms with E-state index in [0.29, 0.717) is 30.0 Å². The Kier molecular flexibility index (Phi) is 10.7. The van der Waals surface area contributed by atoms with Crippen molar-refractivity contribution < 1.29 is 27.5 Å². The molecule has 0 saturated carbocycles.